The molecule has 0 heterocycles. The molecule has 3 nitrogen and oxygen atoms in total. The van der Waals surface area contributed by atoms with E-state index in [4.69, 9.17) is 0 Å². The van der Waals surface area contributed by atoms with Crippen molar-refractivity contribution >= 4 is 23.0 Å². The highest BCUT2D eigenvalue weighted by atomic mass is 16.1. The van der Waals surface area contributed by atoms with Gasteiger partial charge >= 0.3 is 0 Å². The monoisotopic (exact) mass is 302 g/mol. The predicted molar refractivity (Wildman–Crippen MR) is 95.3 cm³/mol. The van der Waals surface area contributed by atoms with E-state index in [1.165, 1.54) is 0 Å². The van der Waals surface area contributed by atoms with Gasteiger partial charge in [-0.15, -0.1) is 0 Å². The molecule has 0 aliphatic carbocycles. The quantitative estimate of drug-likeness (QED) is 0.712. The van der Waals surface area contributed by atoms with Crippen LogP contribution in [0.5, 0.6) is 0 Å². The number of carbonyl (C=O) groups is 1. The fourth-order valence-electron chi connectivity index (χ4n) is 2.39. The summed E-state index contributed by atoms with van der Waals surface area (Å²) in [6.45, 7) is 2.00. The van der Waals surface area contributed by atoms with Crippen molar-refractivity contribution in [2.24, 2.45) is 0 Å². The Hall–Kier alpha value is -3.07. The SMILES string of the molecule is Cc1cccc(NC(=O)c2ccccc2Nc2ccccc2)c1. The van der Waals surface area contributed by atoms with E-state index in [9.17, 15) is 4.79 Å². The fourth-order valence-corrected chi connectivity index (χ4v) is 2.39. The standard InChI is InChI=1S/C20H18N2O/c1-15-8-7-11-17(14-15)22-20(23)18-12-5-6-13-19(18)21-16-9-3-2-4-10-16/h2-14,21H,1H3,(H,22,23). The van der Waals surface area contributed by atoms with Gasteiger partial charge in [-0.25, -0.2) is 0 Å². The summed E-state index contributed by atoms with van der Waals surface area (Å²) in [5.74, 6) is -0.130. The Morgan fingerprint density at radius 3 is 2.26 bits per heavy atom. The third-order valence-electron chi connectivity index (χ3n) is 3.50. The van der Waals surface area contributed by atoms with Crippen LogP contribution >= 0.6 is 0 Å². The third-order valence-corrected chi connectivity index (χ3v) is 3.50. The lowest BCUT2D eigenvalue weighted by Crippen LogP contribution is -2.13. The van der Waals surface area contributed by atoms with Crippen LogP contribution in [-0.2, 0) is 0 Å². The van der Waals surface area contributed by atoms with Gasteiger partial charge in [0.25, 0.3) is 5.91 Å². The van der Waals surface area contributed by atoms with Gasteiger partial charge in [0, 0.05) is 11.4 Å². The number of anilines is 3. The summed E-state index contributed by atoms with van der Waals surface area (Å²) in [4.78, 5) is 12.6. The third kappa shape index (κ3) is 3.77. The van der Waals surface area contributed by atoms with Gasteiger partial charge in [0.2, 0.25) is 0 Å². The zero-order valence-electron chi connectivity index (χ0n) is 12.9. The van der Waals surface area contributed by atoms with Crippen molar-refractivity contribution in [3.05, 3.63) is 90.0 Å². The first kappa shape index (κ1) is 14.9. The Labute approximate surface area is 136 Å². The van der Waals surface area contributed by atoms with E-state index in [0.29, 0.717) is 5.56 Å². The minimum absolute atomic E-state index is 0.130. The molecule has 3 aromatic carbocycles. The van der Waals surface area contributed by atoms with E-state index >= 15 is 0 Å². The van der Waals surface area contributed by atoms with Crippen LogP contribution in [0.25, 0.3) is 0 Å². The van der Waals surface area contributed by atoms with Crippen molar-refractivity contribution in [3.8, 4) is 0 Å². The maximum absolute atomic E-state index is 12.6. The molecule has 3 rings (SSSR count). The Morgan fingerprint density at radius 2 is 1.48 bits per heavy atom. The summed E-state index contributed by atoms with van der Waals surface area (Å²) in [6, 6.07) is 25.1. The number of hydrogen-bond acceptors (Lipinski definition) is 2. The molecule has 0 bridgehead atoms. The molecule has 0 saturated heterocycles. The van der Waals surface area contributed by atoms with E-state index in [1.807, 2.05) is 85.8 Å². The van der Waals surface area contributed by atoms with E-state index in [2.05, 4.69) is 10.6 Å². The van der Waals surface area contributed by atoms with Crippen LogP contribution in [0.2, 0.25) is 0 Å². The van der Waals surface area contributed by atoms with Gasteiger partial charge in [-0.05, 0) is 48.9 Å². The van der Waals surface area contributed by atoms with Gasteiger partial charge in [0.05, 0.1) is 11.3 Å². The average molecular weight is 302 g/mol. The molecule has 0 spiro atoms. The molecular formula is C20H18N2O. The highest BCUT2D eigenvalue weighted by Gasteiger charge is 2.11. The van der Waals surface area contributed by atoms with Crippen molar-refractivity contribution in [3.63, 3.8) is 0 Å². The molecule has 0 aliphatic rings. The fraction of sp³-hybridized carbons (Fsp3) is 0.0500. The van der Waals surface area contributed by atoms with Crippen LogP contribution < -0.4 is 10.6 Å². The van der Waals surface area contributed by atoms with Gasteiger partial charge in [0.15, 0.2) is 0 Å². The van der Waals surface area contributed by atoms with E-state index in [-0.39, 0.29) is 5.91 Å². The first-order chi connectivity index (χ1) is 11.2. The molecule has 0 unspecified atom stereocenters. The first-order valence-electron chi connectivity index (χ1n) is 7.51. The van der Waals surface area contributed by atoms with E-state index in [0.717, 1.165) is 22.6 Å². The Balaban J connectivity index is 1.83. The predicted octanol–water partition coefficient (Wildman–Crippen LogP) is 4.99. The number of carbonyl (C=O) groups excluding carboxylic acids is 1. The molecule has 0 aliphatic heterocycles. The van der Waals surface area contributed by atoms with Crippen LogP contribution in [0, 0.1) is 6.92 Å². The maximum Gasteiger partial charge on any atom is 0.257 e. The minimum Gasteiger partial charge on any atom is -0.355 e. The normalized spacial score (nSPS) is 10.1. The lowest BCUT2D eigenvalue weighted by atomic mass is 10.1. The molecule has 2 N–H and O–H groups in total. The molecule has 23 heavy (non-hydrogen) atoms. The second kappa shape index (κ2) is 6.79. The van der Waals surface area contributed by atoms with Crippen molar-refractivity contribution in [1.29, 1.82) is 0 Å². The smallest absolute Gasteiger partial charge is 0.257 e. The summed E-state index contributed by atoms with van der Waals surface area (Å²) in [5.41, 5.74) is 4.24. The van der Waals surface area contributed by atoms with Crippen LogP contribution in [0.3, 0.4) is 0 Å². The Bertz CT molecular complexity index is 813. The van der Waals surface area contributed by atoms with Gasteiger partial charge < -0.3 is 10.6 Å². The molecule has 0 aromatic heterocycles. The summed E-state index contributed by atoms with van der Waals surface area (Å²) < 4.78 is 0. The molecule has 0 saturated carbocycles. The summed E-state index contributed by atoms with van der Waals surface area (Å²) >= 11 is 0. The highest BCUT2D eigenvalue weighted by Crippen LogP contribution is 2.22. The average Bonchev–Trinajstić information content (AvgIpc) is 2.56. The topological polar surface area (TPSA) is 41.1 Å². The number of aryl methyl sites for hydroxylation is 1. The second-order valence-corrected chi connectivity index (χ2v) is 5.36. The van der Waals surface area contributed by atoms with Crippen LogP contribution in [0.4, 0.5) is 17.1 Å². The Morgan fingerprint density at radius 1 is 0.783 bits per heavy atom. The number of hydrogen-bond donors (Lipinski definition) is 2. The first-order valence-corrected chi connectivity index (χ1v) is 7.51. The zero-order chi connectivity index (χ0) is 16.1. The lowest BCUT2D eigenvalue weighted by Gasteiger charge is -2.12. The molecule has 0 atom stereocenters. The van der Waals surface area contributed by atoms with Gasteiger partial charge in [-0.2, -0.15) is 0 Å². The largest absolute Gasteiger partial charge is 0.355 e. The van der Waals surface area contributed by atoms with Crippen molar-refractivity contribution in [2.75, 3.05) is 10.6 Å². The summed E-state index contributed by atoms with van der Waals surface area (Å²) in [5, 5.41) is 6.24. The molecule has 0 fully saturated rings. The van der Waals surface area contributed by atoms with Crippen LogP contribution in [0.15, 0.2) is 78.9 Å². The van der Waals surface area contributed by atoms with Gasteiger partial charge in [-0.3, -0.25) is 4.79 Å². The Kier molecular flexibility index (Phi) is 4.39. The number of benzene rings is 3. The van der Waals surface area contributed by atoms with E-state index < -0.39 is 0 Å². The maximum atomic E-state index is 12.6. The summed E-state index contributed by atoms with van der Waals surface area (Å²) in [7, 11) is 0. The zero-order valence-corrected chi connectivity index (χ0v) is 12.9. The van der Waals surface area contributed by atoms with E-state index in [1.54, 1.807) is 0 Å². The number of amides is 1. The summed E-state index contributed by atoms with van der Waals surface area (Å²) in [6.07, 6.45) is 0. The lowest BCUT2D eigenvalue weighted by molar-refractivity contribution is 0.102. The van der Waals surface area contributed by atoms with Crippen LogP contribution in [-0.4, -0.2) is 5.91 Å². The highest BCUT2D eigenvalue weighted by molar-refractivity contribution is 6.08. The minimum atomic E-state index is -0.130. The van der Waals surface area contributed by atoms with Crippen LogP contribution in [0.1, 0.15) is 15.9 Å². The van der Waals surface area contributed by atoms with Gasteiger partial charge in [0.1, 0.15) is 0 Å². The second-order valence-electron chi connectivity index (χ2n) is 5.36. The number of para-hydroxylation sites is 2. The van der Waals surface area contributed by atoms with Crippen molar-refractivity contribution in [2.45, 2.75) is 6.92 Å². The molecule has 1 amide bonds. The molecule has 3 heteroatoms. The molecule has 114 valence electrons. The molecule has 3 aromatic rings. The number of rotatable bonds is 4. The van der Waals surface area contributed by atoms with Gasteiger partial charge in [-0.1, -0.05) is 42.5 Å². The molecule has 0 radical (unpaired) electrons. The number of nitrogens with one attached hydrogen (secondary N) is 2. The molecular weight excluding hydrogens is 284 g/mol. The van der Waals surface area contributed by atoms with Crippen molar-refractivity contribution in [1.82, 2.24) is 0 Å². The van der Waals surface area contributed by atoms with Crippen molar-refractivity contribution < 1.29 is 4.79 Å².